The summed E-state index contributed by atoms with van der Waals surface area (Å²) in [5, 5.41) is 11.6. The van der Waals surface area contributed by atoms with Crippen molar-refractivity contribution in [2.75, 3.05) is 26.2 Å². The molecule has 2 N–H and O–H groups in total. The van der Waals surface area contributed by atoms with E-state index >= 15 is 0 Å². The molecule has 7 heteroatoms. The van der Waals surface area contributed by atoms with E-state index in [-0.39, 0.29) is 24.5 Å². The van der Waals surface area contributed by atoms with Crippen LogP contribution in [0.25, 0.3) is 0 Å². The first-order chi connectivity index (χ1) is 9.42. The number of likely N-dealkylation sites (tertiary alicyclic amines) is 1. The van der Waals surface area contributed by atoms with Gasteiger partial charge in [-0.05, 0) is 27.2 Å². The van der Waals surface area contributed by atoms with Crippen molar-refractivity contribution in [2.45, 2.75) is 33.2 Å². The maximum absolute atomic E-state index is 12.0. The minimum absolute atomic E-state index is 0.0541. The number of urea groups is 1. The molecular weight excluding hydrogens is 262 g/mol. The van der Waals surface area contributed by atoms with Crippen LogP contribution in [0.2, 0.25) is 0 Å². The third-order valence-corrected chi connectivity index (χ3v) is 3.84. The molecule has 20 heavy (non-hydrogen) atoms. The molecule has 3 amide bonds. The van der Waals surface area contributed by atoms with Crippen LogP contribution in [0.1, 0.15) is 27.2 Å². The molecule has 1 aliphatic rings. The summed E-state index contributed by atoms with van der Waals surface area (Å²) in [6, 6.07) is -0.724. The molecule has 0 aromatic rings. The fraction of sp³-hybridized carbons (Fsp3) is 0.769. The first-order valence-electron chi connectivity index (χ1n) is 6.97. The zero-order valence-corrected chi connectivity index (χ0v) is 12.3. The molecule has 0 bridgehead atoms. The molecule has 0 aliphatic carbocycles. The number of hydrogen-bond acceptors (Lipinski definition) is 3. The van der Waals surface area contributed by atoms with E-state index in [1.807, 2.05) is 13.8 Å². The van der Waals surface area contributed by atoms with Crippen LogP contribution in [0.3, 0.4) is 0 Å². The zero-order chi connectivity index (χ0) is 15.3. The van der Waals surface area contributed by atoms with Gasteiger partial charge in [-0.3, -0.25) is 9.59 Å². The summed E-state index contributed by atoms with van der Waals surface area (Å²) in [7, 11) is 0. The SMILES string of the molecule is CCN(CC)C(=O)CNC(=O)N1CCC(C(=O)O)C1C. The number of amides is 3. The summed E-state index contributed by atoms with van der Waals surface area (Å²) < 4.78 is 0. The number of rotatable bonds is 5. The van der Waals surface area contributed by atoms with E-state index in [0.29, 0.717) is 26.1 Å². The number of carboxylic acid groups (broad SMARTS) is 1. The Hall–Kier alpha value is -1.79. The minimum Gasteiger partial charge on any atom is -0.481 e. The third kappa shape index (κ3) is 3.61. The summed E-state index contributed by atoms with van der Waals surface area (Å²) in [5.41, 5.74) is 0. The Morgan fingerprint density at radius 3 is 2.35 bits per heavy atom. The lowest BCUT2D eigenvalue weighted by Gasteiger charge is -2.24. The van der Waals surface area contributed by atoms with Gasteiger partial charge in [0.1, 0.15) is 0 Å². The monoisotopic (exact) mass is 285 g/mol. The van der Waals surface area contributed by atoms with Gasteiger partial charge >= 0.3 is 12.0 Å². The van der Waals surface area contributed by atoms with Crippen molar-refractivity contribution in [3.63, 3.8) is 0 Å². The highest BCUT2D eigenvalue weighted by Crippen LogP contribution is 2.24. The number of likely N-dealkylation sites (N-methyl/N-ethyl adjacent to an activating group) is 1. The van der Waals surface area contributed by atoms with Crippen molar-refractivity contribution in [1.82, 2.24) is 15.1 Å². The summed E-state index contributed by atoms with van der Waals surface area (Å²) >= 11 is 0. The van der Waals surface area contributed by atoms with E-state index < -0.39 is 11.9 Å². The lowest BCUT2D eigenvalue weighted by Crippen LogP contribution is -2.47. The fourth-order valence-electron chi connectivity index (χ4n) is 2.50. The van der Waals surface area contributed by atoms with E-state index in [9.17, 15) is 14.4 Å². The van der Waals surface area contributed by atoms with Gasteiger partial charge in [-0.15, -0.1) is 0 Å². The molecule has 0 aromatic heterocycles. The zero-order valence-electron chi connectivity index (χ0n) is 12.3. The van der Waals surface area contributed by atoms with Crippen molar-refractivity contribution in [1.29, 1.82) is 0 Å². The highest BCUT2D eigenvalue weighted by atomic mass is 16.4. The van der Waals surface area contributed by atoms with E-state index in [0.717, 1.165) is 0 Å². The van der Waals surface area contributed by atoms with Gasteiger partial charge < -0.3 is 20.2 Å². The number of nitrogens with zero attached hydrogens (tertiary/aromatic N) is 2. The van der Waals surface area contributed by atoms with Crippen LogP contribution >= 0.6 is 0 Å². The average molecular weight is 285 g/mol. The van der Waals surface area contributed by atoms with Gasteiger partial charge in [0, 0.05) is 25.7 Å². The second kappa shape index (κ2) is 7.12. The van der Waals surface area contributed by atoms with Crippen LogP contribution in [0.4, 0.5) is 4.79 Å². The quantitative estimate of drug-likeness (QED) is 0.763. The molecule has 2 atom stereocenters. The van der Waals surface area contributed by atoms with Crippen LogP contribution in [0.15, 0.2) is 0 Å². The van der Waals surface area contributed by atoms with Gasteiger partial charge in [0.05, 0.1) is 12.5 Å². The highest BCUT2D eigenvalue weighted by Gasteiger charge is 2.38. The van der Waals surface area contributed by atoms with Gasteiger partial charge in [0.15, 0.2) is 0 Å². The molecule has 1 fully saturated rings. The number of carbonyl (C=O) groups excluding carboxylic acids is 2. The van der Waals surface area contributed by atoms with Crippen LogP contribution in [-0.4, -0.2) is 65.0 Å². The highest BCUT2D eigenvalue weighted by molar-refractivity contribution is 5.84. The van der Waals surface area contributed by atoms with Gasteiger partial charge in [0.2, 0.25) is 5.91 Å². The first-order valence-corrected chi connectivity index (χ1v) is 6.97. The van der Waals surface area contributed by atoms with Gasteiger partial charge in [-0.1, -0.05) is 0 Å². The third-order valence-electron chi connectivity index (χ3n) is 3.84. The maximum Gasteiger partial charge on any atom is 0.318 e. The van der Waals surface area contributed by atoms with Gasteiger partial charge in [-0.25, -0.2) is 4.79 Å². The Morgan fingerprint density at radius 1 is 1.30 bits per heavy atom. The molecule has 7 nitrogen and oxygen atoms in total. The predicted molar refractivity (Wildman–Crippen MR) is 73.2 cm³/mol. The topological polar surface area (TPSA) is 90.0 Å². The summed E-state index contributed by atoms with van der Waals surface area (Å²) in [4.78, 5) is 37.9. The molecule has 0 spiro atoms. The molecule has 1 saturated heterocycles. The van der Waals surface area contributed by atoms with E-state index in [4.69, 9.17) is 5.11 Å². The predicted octanol–water partition coefficient (Wildman–Crippen LogP) is 0.359. The van der Waals surface area contributed by atoms with Gasteiger partial charge in [0.25, 0.3) is 0 Å². The molecule has 0 radical (unpaired) electrons. The summed E-state index contributed by atoms with van der Waals surface area (Å²) in [5.74, 6) is -1.55. The maximum atomic E-state index is 12.0. The van der Waals surface area contributed by atoms with E-state index in [1.54, 1.807) is 11.8 Å². The minimum atomic E-state index is -0.882. The second-order valence-corrected chi connectivity index (χ2v) is 4.89. The van der Waals surface area contributed by atoms with E-state index in [2.05, 4.69) is 5.32 Å². The molecule has 1 rings (SSSR count). The Morgan fingerprint density at radius 2 is 1.90 bits per heavy atom. The molecule has 1 heterocycles. The second-order valence-electron chi connectivity index (χ2n) is 4.89. The number of nitrogens with one attached hydrogen (secondary N) is 1. The molecule has 0 aromatic carbocycles. The lowest BCUT2D eigenvalue weighted by molar-refractivity contribution is -0.142. The van der Waals surface area contributed by atoms with Crippen molar-refractivity contribution in [3.05, 3.63) is 0 Å². The van der Waals surface area contributed by atoms with Crippen molar-refractivity contribution < 1.29 is 19.5 Å². The number of carbonyl (C=O) groups is 3. The lowest BCUT2D eigenvalue weighted by atomic mass is 10.0. The van der Waals surface area contributed by atoms with Crippen LogP contribution in [0.5, 0.6) is 0 Å². The Bertz CT molecular complexity index is 382. The van der Waals surface area contributed by atoms with Crippen molar-refractivity contribution >= 4 is 17.9 Å². The molecular formula is C13H23N3O4. The average Bonchev–Trinajstić information content (AvgIpc) is 2.79. The Labute approximate surface area is 118 Å². The molecule has 0 saturated carbocycles. The Balaban J connectivity index is 2.48. The molecule has 114 valence electrons. The first kappa shape index (κ1) is 16.3. The smallest absolute Gasteiger partial charge is 0.318 e. The summed E-state index contributed by atoms with van der Waals surface area (Å²) in [6.07, 6.45) is 0.452. The fourth-order valence-corrected chi connectivity index (χ4v) is 2.50. The standard InChI is InChI=1S/C13H23N3O4/c1-4-15(5-2)11(17)8-14-13(20)16-7-6-10(9(16)3)12(18)19/h9-10H,4-8H2,1-3H3,(H,14,20)(H,18,19). The van der Waals surface area contributed by atoms with Crippen LogP contribution < -0.4 is 5.32 Å². The van der Waals surface area contributed by atoms with Crippen molar-refractivity contribution in [3.8, 4) is 0 Å². The van der Waals surface area contributed by atoms with Gasteiger partial charge in [-0.2, -0.15) is 0 Å². The normalized spacial score (nSPS) is 21.6. The summed E-state index contributed by atoms with van der Waals surface area (Å²) in [6.45, 7) is 7.04. The number of carboxylic acids is 1. The van der Waals surface area contributed by atoms with Crippen molar-refractivity contribution in [2.24, 2.45) is 5.92 Å². The molecule has 2 unspecified atom stereocenters. The number of hydrogen-bond donors (Lipinski definition) is 2. The van der Waals surface area contributed by atoms with Crippen LogP contribution in [0, 0.1) is 5.92 Å². The molecule has 1 aliphatic heterocycles. The van der Waals surface area contributed by atoms with E-state index in [1.165, 1.54) is 4.90 Å². The van der Waals surface area contributed by atoms with Crippen LogP contribution in [-0.2, 0) is 9.59 Å². The number of aliphatic carboxylic acids is 1. The Kier molecular flexibility index (Phi) is 5.79. The largest absolute Gasteiger partial charge is 0.481 e.